The lowest BCUT2D eigenvalue weighted by molar-refractivity contribution is -0.159. The van der Waals surface area contributed by atoms with Gasteiger partial charge in [0.05, 0.1) is 31.3 Å². The normalized spacial score (nSPS) is 17.7. The van der Waals surface area contributed by atoms with Crippen LogP contribution in [0.25, 0.3) is 0 Å². The Morgan fingerprint density at radius 3 is 0.699 bits per heavy atom. The molecule has 13 nitrogen and oxygen atoms in total. The average molecular weight is 1840 g/mol. The van der Waals surface area contributed by atoms with Gasteiger partial charge in [-0.15, -0.1) is 0 Å². The molecule has 13 unspecified atom stereocenters. The maximum absolute atomic E-state index is 11.2. The van der Waals surface area contributed by atoms with Crippen LogP contribution in [0.1, 0.15) is 416 Å². The molecule has 133 heavy (non-hydrogen) atoms. The standard InChI is InChI=1S/C39H60O4.2C16H26O2.3C10H14O.C10H14.C9H18O2/c1-9-27(3)31-11-19-35(20-12-31)40-29(5)42-37-23-15-33(16-24-37)39(7,8)34-17-25-38(26-18-34)43-30(6)41-36-21-13-32(14-22-36)28(4)10-2;2*1-6-13(4)15-7-9-16(10-8-15)18-14(5)17-11-12(2)3;3*1-3-8(2)9-4-6-10(11)7-5-9;1-3-9(2)10-7-5-4-6-8-10;1-6-7(2)8(10)11-9(3,4)5/h11-14,19-22,27-30,33-34,37-38H,9-10,15-18,23-26H2,1-8H3;2*7-10,12-14H,6,11H2,1-5H3;3*4-8,11H,3H2,1-2H3;4-9H,3H2,1-2H3;7H,6H2,1-5H3. The molecule has 3 N–H and O–H groups in total. The van der Waals surface area contributed by atoms with E-state index in [0.717, 1.165) is 125 Å². The quantitative estimate of drug-likeness (QED) is 0.0248. The van der Waals surface area contributed by atoms with Crippen LogP contribution in [0, 0.1) is 35.0 Å². The van der Waals surface area contributed by atoms with Crippen LogP contribution >= 0.6 is 0 Å². The first-order valence-electron chi connectivity index (χ1n) is 51.3. The number of carbonyl (C=O) groups is 1. The fourth-order valence-electron chi connectivity index (χ4n) is 15.5. The predicted octanol–water partition coefficient (Wildman–Crippen LogP) is 34.5. The molecular formula is C120H186O13. The van der Waals surface area contributed by atoms with Crippen molar-refractivity contribution in [1.82, 2.24) is 0 Å². The lowest BCUT2D eigenvalue weighted by Gasteiger charge is -2.47. The van der Waals surface area contributed by atoms with Crippen molar-refractivity contribution in [2.75, 3.05) is 13.2 Å². The molecule has 0 heterocycles. The van der Waals surface area contributed by atoms with Crippen LogP contribution in [-0.4, -0.2) is 77.5 Å². The molecule has 13 atom stereocenters. The van der Waals surface area contributed by atoms with E-state index >= 15 is 0 Å². The second kappa shape index (κ2) is 64.6. The molecule has 2 aliphatic rings. The molecule has 0 amide bonds. The summed E-state index contributed by atoms with van der Waals surface area (Å²) in [5, 5.41) is 27.0. The van der Waals surface area contributed by atoms with Crippen molar-refractivity contribution in [2.24, 2.45) is 35.0 Å². The zero-order valence-corrected chi connectivity index (χ0v) is 88.9. The summed E-state index contributed by atoms with van der Waals surface area (Å²) < 4.78 is 52.7. The first-order chi connectivity index (χ1) is 63.0. The molecule has 0 aliphatic heterocycles. The van der Waals surface area contributed by atoms with Gasteiger partial charge < -0.3 is 58.0 Å². The molecule has 0 saturated heterocycles. The van der Waals surface area contributed by atoms with Crippen LogP contribution < -0.4 is 18.9 Å². The summed E-state index contributed by atoms with van der Waals surface area (Å²) in [6, 6.07) is 66.6. The van der Waals surface area contributed by atoms with Gasteiger partial charge in [0, 0.05) is 0 Å². The Morgan fingerprint density at radius 2 is 0.496 bits per heavy atom. The van der Waals surface area contributed by atoms with Crippen molar-refractivity contribution >= 4 is 5.97 Å². The number of esters is 1. The molecule has 8 aromatic rings. The fourth-order valence-corrected chi connectivity index (χ4v) is 15.5. The van der Waals surface area contributed by atoms with Crippen molar-refractivity contribution in [1.29, 1.82) is 0 Å². The zero-order chi connectivity index (χ0) is 99.3. The highest BCUT2D eigenvalue weighted by molar-refractivity contribution is 5.72. The van der Waals surface area contributed by atoms with E-state index in [-0.39, 0.29) is 42.6 Å². The van der Waals surface area contributed by atoms with E-state index in [2.05, 4.69) is 255 Å². The van der Waals surface area contributed by atoms with Crippen LogP contribution in [0.2, 0.25) is 0 Å². The van der Waals surface area contributed by atoms with Gasteiger partial charge in [-0.1, -0.05) is 281 Å². The third-order valence-corrected chi connectivity index (χ3v) is 26.6. The lowest BCUT2D eigenvalue weighted by Crippen LogP contribution is -2.40. The van der Waals surface area contributed by atoms with Crippen LogP contribution in [0.4, 0.5) is 0 Å². The number of aromatic hydroxyl groups is 3. The van der Waals surface area contributed by atoms with Gasteiger partial charge in [-0.25, -0.2) is 0 Å². The summed E-state index contributed by atoms with van der Waals surface area (Å²) in [6.45, 7) is 67.9. The van der Waals surface area contributed by atoms with Crippen LogP contribution in [0.5, 0.6) is 40.2 Å². The molecule has 0 spiro atoms. The zero-order valence-electron chi connectivity index (χ0n) is 88.9. The van der Waals surface area contributed by atoms with Gasteiger partial charge in [-0.3, -0.25) is 4.79 Å². The lowest BCUT2D eigenvalue weighted by atomic mass is 9.60. The summed E-state index contributed by atoms with van der Waals surface area (Å²) in [7, 11) is 0. The average Bonchev–Trinajstić information content (AvgIpc) is 0.799. The van der Waals surface area contributed by atoms with Crippen LogP contribution in [0.15, 0.2) is 200 Å². The van der Waals surface area contributed by atoms with E-state index in [1.807, 2.05) is 123 Å². The Hall–Kier alpha value is -8.33. The van der Waals surface area contributed by atoms with Gasteiger partial charge in [0.1, 0.15) is 45.8 Å². The van der Waals surface area contributed by atoms with Gasteiger partial charge in [-0.2, -0.15) is 0 Å². The third-order valence-electron chi connectivity index (χ3n) is 26.6. The van der Waals surface area contributed by atoms with Crippen LogP contribution in [-0.2, 0) is 28.5 Å². The minimum Gasteiger partial charge on any atom is -0.508 e. The molecule has 8 aromatic carbocycles. The summed E-state index contributed by atoms with van der Waals surface area (Å²) in [5.41, 5.74) is 10.8. The monoisotopic (exact) mass is 1840 g/mol. The van der Waals surface area contributed by atoms with Crippen molar-refractivity contribution in [3.05, 3.63) is 245 Å². The number of hydrogen-bond acceptors (Lipinski definition) is 13. The van der Waals surface area contributed by atoms with Crippen molar-refractivity contribution < 1.29 is 62.7 Å². The van der Waals surface area contributed by atoms with Gasteiger partial charge >= 0.3 is 5.97 Å². The first kappa shape index (κ1) is 119. The Bertz CT molecular complexity index is 3920. The molecular weight excluding hydrogens is 1650 g/mol. The van der Waals surface area contributed by atoms with Crippen molar-refractivity contribution in [3.63, 3.8) is 0 Å². The van der Waals surface area contributed by atoms with E-state index in [9.17, 15) is 4.79 Å². The van der Waals surface area contributed by atoms with Crippen LogP contribution in [0.3, 0.4) is 0 Å². The summed E-state index contributed by atoms with van der Waals surface area (Å²) in [5.74, 6) is 11.9. The second-order valence-corrected chi connectivity index (χ2v) is 40.0. The summed E-state index contributed by atoms with van der Waals surface area (Å²) in [4.78, 5) is 11.2. The predicted molar refractivity (Wildman–Crippen MR) is 561 cm³/mol. The molecule has 2 saturated carbocycles. The molecule has 2 fully saturated rings. The maximum atomic E-state index is 11.2. The van der Waals surface area contributed by atoms with Gasteiger partial charge in [0.25, 0.3) is 0 Å². The van der Waals surface area contributed by atoms with Gasteiger partial charge in [0.2, 0.25) is 0 Å². The second-order valence-electron chi connectivity index (χ2n) is 40.0. The third kappa shape index (κ3) is 48.3. The van der Waals surface area contributed by atoms with E-state index in [0.29, 0.717) is 94.1 Å². The molecule has 0 bridgehead atoms. The van der Waals surface area contributed by atoms with E-state index in [1.54, 1.807) is 36.4 Å². The Kier molecular flexibility index (Phi) is 57.8. The van der Waals surface area contributed by atoms with E-state index in [1.165, 1.54) is 76.6 Å². The SMILES string of the molecule is CCC(C)C(=O)OC(C)(C)C.CCC(C)c1ccc(O)cc1.CCC(C)c1ccc(O)cc1.CCC(C)c1ccc(O)cc1.CCC(C)c1ccc(OC(C)OC2CCC(C(C)(C)C3CCC(OC(C)Oc4ccc(C(C)CC)cc4)CC3)CC2)cc1.CCC(C)c1ccc(OC(C)OCC(C)C)cc1.CCC(C)c1ccc(OC(C)OCC(C)C)cc1.CCC(C)c1ccccc1. The van der Waals surface area contributed by atoms with Gasteiger partial charge in [-0.05, 0) is 363 Å². The largest absolute Gasteiger partial charge is 0.508 e. The Balaban J connectivity index is 0.000000425. The minimum atomic E-state index is -0.347. The summed E-state index contributed by atoms with van der Waals surface area (Å²) >= 11 is 0. The van der Waals surface area contributed by atoms with Crippen molar-refractivity contribution in [3.8, 4) is 40.2 Å². The molecule has 0 aromatic heterocycles. The highest BCUT2D eigenvalue weighted by Gasteiger charge is 2.41. The number of benzene rings is 8. The van der Waals surface area contributed by atoms with Crippen molar-refractivity contribution in [2.45, 2.75) is 414 Å². The minimum absolute atomic E-state index is 0.0224. The number of phenols is 3. The number of ether oxygens (including phenoxy) is 9. The van der Waals surface area contributed by atoms with Gasteiger partial charge in [0.15, 0.2) is 25.2 Å². The first-order valence-corrected chi connectivity index (χ1v) is 51.3. The van der Waals surface area contributed by atoms with E-state index in [4.69, 9.17) is 58.0 Å². The highest BCUT2D eigenvalue weighted by Crippen LogP contribution is 2.49. The topological polar surface area (TPSA) is 161 Å². The maximum Gasteiger partial charge on any atom is 0.309 e. The number of hydrogen-bond donors (Lipinski definition) is 3. The smallest absolute Gasteiger partial charge is 0.309 e. The Labute approximate surface area is 811 Å². The van der Waals surface area contributed by atoms with E-state index < -0.39 is 0 Å². The molecule has 744 valence electrons. The molecule has 0 radical (unpaired) electrons. The molecule has 2 aliphatic carbocycles. The fraction of sp³-hybridized carbons (Fsp3) is 0.592. The molecule has 13 heteroatoms. The molecule has 10 rings (SSSR count). The number of rotatable bonds is 38. The summed E-state index contributed by atoms with van der Waals surface area (Å²) in [6.07, 6.45) is 19.3. The number of phenolic OH excluding ortho intramolecular Hbond substituents is 3. The highest BCUT2D eigenvalue weighted by atomic mass is 16.7. The Morgan fingerprint density at radius 1 is 0.286 bits per heavy atom. The number of carbonyl (C=O) groups excluding carboxylic acids is 1.